The van der Waals surface area contributed by atoms with Gasteiger partial charge < -0.3 is 10.6 Å². The van der Waals surface area contributed by atoms with Gasteiger partial charge in [-0.1, -0.05) is 6.92 Å². The summed E-state index contributed by atoms with van der Waals surface area (Å²) in [6, 6.07) is 0.964. The predicted molar refractivity (Wildman–Crippen MR) is 61.3 cm³/mol. The molecule has 18 heavy (non-hydrogen) atoms. The van der Waals surface area contributed by atoms with E-state index in [-0.39, 0.29) is 11.4 Å². The molecule has 4 nitrogen and oxygen atoms in total. The number of carbonyl (C=O) groups is 1. The molecule has 1 heterocycles. The molecule has 0 aliphatic rings. The first kappa shape index (κ1) is 14.3. The van der Waals surface area contributed by atoms with Crippen molar-refractivity contribution in [1.29, 1.82) is 0 Å². The number of hydrogen-bond acceptors (Lipinski definition) is 3. The summed E-state index contributed by atoms with van der Waals surface area (Å²) in [6.07, 6.45) is -0.901. The minimum atomic E-state index is -2.65. The summed E-state index contributed by atoms with van der Waals surface area (Å²) in [7, 11) is 0. The van der Waals surface area contributed by atoms with Crippen LogP contribution in [0.4, 0.5) is 19.0 Å². The van der Waals surface area contributed by atoms with Crippen LogP contribution in [0.25, 0.3) is 0 Å². The second-order valence-electron chi connectivity index (χ2n) is 3.58. The zero-order chi connectivity index (χ0) is 13.5. The Kier molecular flexibility index (Phi) is 5.41. The third kappa shape index (κ3) is 4.23. The number of nitrogens with zero attached hydrogens (tertiary/aromatic N) is 1. The van der Waals surface area contributed by atoms with Gasteiger partial charge in [-0.3, -0.25) is 4.79 Å². The number of amides is 1. The predicted octanol–water partition coefficient (Wildman–Crippen LogP) is 2.04. The monoisotopic (exact) mass is 261 g/mol. The maximum Gasteiger partial charge on any atom is 0.255 e. The van der Waals surface area contributed by atoms with Gasteiger partial charge in [0, 0.05) is 6.54 Å². The third-order valence-corrected chi connectivity index (χ3v) is 2.06. The molecule has 0 aliphatic carbocycles. The highest BCUT2D eigenvalue weighted by Crippen LogP contribution is 2.13. The molecule has 0 aromatic carbocycles. The molecule has 0 aliphatic heterocycles. The zero-order valence-electron chi connectivity index (χ0n) is 9.84. The van der Waals surface area contributed by atoms with E-state index in [1.165, 1.54) is 0 Å². The number of pyridine rings is 1. The van der Waals surface area contributed by atoms with Crippen molar-refractivity contribution >= 4 is 11.7 Å². The third-order valence-electron chi connectivity index (χ3n) is 2.06. The van der Waals surface area contributed by atoms with E-state index in [0.717, 1.165) is 18.7 Å². The van der Waals surface area contributed by atoms with Crippen LogP contribution in [0.2, 0.25) is 0 Å². The number of aromatic nitrogens is 1. The van der Waals surface area contributed by atoms with Crippen molar-refractivity contribution in [3.8, 4) is 0 Å². The second-order valence-corrected chi connectivity index (χ2v) is 3.58. The summed E-state index contributed by atoms with van der Waals surface area (Å²) in [5.41, 5.74) is -0.0795. The van der Waals surface area contributed by atoms with E-state index in [9.17, 15) is 18.0 Å². The summed E-state index contributed by atoms with van der Waals surface area (Å²) in [5, 5.41) is 4.84. The Morgan fingerprint density at radius 1 is 1.50 bits per heavy atom. The minimum Gasteiger partial charge on any atom is -0.369 e. The maximum absolute atomic E-state index is 13.0. The fourth-order valence-corrected chi connectivity index (χ4v) is 1.26. The summed E-state index contributed by atoms with van der Waals surface area (Å²) >= 11 is 0. The molecule has 7 heteroatoms. The lowest BCUT2D eigenvalue weighted by Crippen LogP contribution is -2.29. The normalized spacial score (nSPS) is 10.5. The van der Waals surface area contributed by atoms with Crippen LogP contribution in [-0.4, -0.2) is 30.4 Å². The fourth-order valence-electron chi connectivity index (χ4n) is 1.26. The molecule has 0 saturated carbocycles. The molecule has 100 valence electrons. The first-order valence-electron chi connectivity index (χ1n) is 5.50. The molecule has 2 N–H and O–H groups in total. The van der Waals surface area contributed by atoms with Crippen LogP contribution < -0.4 is 10.6 Å². The van der Waals surface area contributed by atoms with E-state index in [4.69, 9.17) is 0 Å². The van der Waals surface area contributed by atoms with Crippen molar-refractivity contribution < 1.29 is 18.0 Å². The lowest BCUT2D eigenvalue weighted by molar-refractivity contribution is 0.0891. The highest BCUT2D eigenvalue weighted by molar-refractivity contribution is 5.98. The second kappa shape index (κ2) is 6.83. The number of hydrogen-bond donors (Lipinski definition) is 2. The van der Waals surface area contributed by atoms with E-state index in [2.05, 4.69) is 10.3 Å². The summed E-state index contributed by atoms with van der Waals surface area (Å²) in [4.78, 5) is 15.3. The fraction of sp³-hybridized carbons (Fsp3) is 0.455. The van der Waals surface area contributed by atoms with E-state index < -0.39 is 24.7 Å². The summed E-state index contributed by atoms with van der Waals surface area (Å²) in [5.74, 6) is -1.29. The Bertz CT molecular complexity index is 413. The van der Waals surface area contributed by atoms with Crippen molar-refractivity contribution in [2.45, 2.75) is 19.8 Å². The van der Waals surface area contributed by atoms with Gasteiger partial charge in [-0.05, 0) is 12.5 Å². The van der Waals surface area contributed by atoms with Crippen LogP contribution in [0.3, 0.4) is 0 Å². The highest BCUT2D eigenvalue weighted by Gasteiger charge is 2.15. The van der Waals surface area contributed by atoms with E-state index in [1.54, 1.807) is 0 Å². The summed E-state index contributed by atoms with van der Waals surface area (Å²) in [6.45, 7) is 1.68. The number of carbonyl (C=O) groups excluding carboxylic acids is 1. The number of anilines is 1. The average Bonchev–Trinajstić information content (AvgIpc) is 2.34. The Morgan fingerprint density at radius 2 is 2.22 bits per heavy atom. The number of alkyl halides is 2. The Hall–Kier alpha value is -1.79. The lowest BCUT2D eigenvalue weighted by Gasteiger charge is -2.10. The molecular formula is C11H14F3N3O. The maximum atomic E-state index is 13.0. The first-order valence-corrected chi connectivity index (χ1v) is 5.50. The zero-order valence-corrected chi connectivity index (χ0v) is 9.84. The Balaban J connectivity index is 2.83. The van der Waals surface area contributed by atoms with Gasteiger partial charge in [0.15, 0.2) is 0 Å². The van der Waals surface area contributed by atoms with Crippen LogP contribution in [0, 0.1) is 5.82 Å². The molecular weight excluding hydrogens is 247 g/mol. The quantitative estimate of drug-likeness (QED) is 0.824. The molecule has 0 atom stereocenters. The molecule has 0 saturated heterocycles. The van der Waals surface area contributed by atoms with Gasteiger partial charge >= 0.3 is 0 Å². The molecule has 0 unspecified atom stereocenters. The number of rotatable bonds is 6. The molecule has 1 aromatic rings. The van der Waals surface area contributed by atoms with Gasteiger partial charge in [0.05, 0.1) is 18.3 Å². The van der Waals surface area contributed by atoms with E-state index in [0.29, 0.717) is 6.54 Å². The van der Waals surface area contributed by atoms with Gasteiger partial charge in [0.2, 0.25) is 0 Å². The molecule has 0 spiro atoms. The minimum absolute atomic E-state index is 0.0795. The van der Waals surface area contributed by atoms with Crippen molar-refractivity contribution in [2.75, 3.05) is 18.4 Å². The van der Waals surface area contributed by atoms with E-state index >= 15 is 0 Å². The SMILES string of the molecule is CCCNc1ncc(F)cc1C(=O)NCC(F)F. The van der Waals surface area contributed by atoms with Crippen molar-refractivity contribution in [3.05, 3.63) is 23.6 Å². The van der Waals surface area contributed by atoms with Crippen LogP contribution >= 0.6 is 0 Å². The van der Waals surface area contributed by atoms with Crippen LogP contribution in [0.5, 0.6) is 0 Å². The van der Waals surface area contributed by atoms with E-state index in [1.807, 2.05) is 12.2 Å². The Labute approximate surface area is 103 Å². The first-order chi connectivity index (χ1) is 8.54. The standard InChI is InChI=1S/C11H14F3N3O/c1-2-3-15-10-8(4-7(12)5-16-10)11(18)17-6-9(13)14/h4-5,9H,2-3,6H2,1H3,(H,15,16)(H,17,18). The number of halogens is 3. The lowest BCUT2D eigenvalue weighted by atomic mass is 10.2. The van der Waals surface area contributed by atoms with Gasteiger partial charge in [0.1, 0.15) is 11.6 Å². The van der Waals surface area contributed by atoms with Crippen LogP contribution in [0.15, 0.2) is 12.3 Å². The number of nitrogens with one attached hydrogen (secondary N) is 2. The molecule has 0 radical (unpaired) electrons. The van der Waals surface area contributed by atoms with Crippen molar-refractivity contribution in [2.24, 2.45) is 0 Å². The highest BCUT2D eigenvalue weighted by atomic mass is 19.3. The largest absolute Gasteiger partial charge is 0.369 e. The molecule has 0 fully saturated rings. The summed E-state index contributed by atoms with van der Waals surface area (Å²) < 4.78 is 37.0. The van der Waals surface area contributed by atoms with Gasteiger partial charge in [-0.2, -0.15) is 0 Å². The van der Waals surface area contributed by atoms with Gasteiger partial charge in [-0.25, -0.2) is 18.2 Å². The van der Waals surface area contributed by atoms with Gasteiger partial charge in [0.25, 0.3) is 12.3 Å². The Morgan fingerprint density at radius 3 is 2.83 bits per heavy atom. The van der Waals surface area contributed by atoms with Gasteiger partial charge in [-0.15, -0.1) is 0 Å². The topological polar surface area (TPSA) is 54.0 Å². The average molecular weight is 261 g/mol. The smallest absolute Gasteiger partial charge is 0.255 e. The van der Waals surface area contributed by atoms with Crippen LogP contribution in [-0.2, 0) is 0 Å². The van der Waals surface area contributed by atoms with Crippen molar-refractivity contribution in [1.82, 2.24) is 10.3 Å². The molecule has 1 amide bonds. The molecule has 0 bridgehead atoms. The molecule has 1 aromatic heterocycles. The van der Waals surface area contributed by atoms with Crippen LogP contribution in [0.1, 0.15) is 23.7 Å². The van der Waals surface area contributed by atoms with Crippen molar-refractivity contribution in [3.63, 3.8) is 0 Å². The molecule has 1 rings (SSSR count).